The molecule has 1 saturated heterocycles. The van der Waals surface area contributed by atoms with Crippen molar-refractivity contribution in [1.82, 2.24) is 13.6 Å². The van der Waals surface area contributed by atoms with Crippen LogP contribution in [0.25, 0.3) is 11.0 Å². The first-order valence-electron chi connectivity index (χ1n) is 8.32. The van der Waals surface area contributed by atoms with Crippen LogP contribution in [-0.4, -0.2) is 38.7 Å². The Labute approximate surface area is 158 Å². The van der Waals surface area contributed by atoms with Crippen LogP contribution in [0, 0.1) is 5.92 Å². The van der Waals surface area contributed by atoms with E-state index in [1.54, 1.807) is 4.90 Å². The Morgan fingerprint density at radius 2 is 2.08 bits per heavy atom. The largest absolute Gasteiger partial charge is 0.324 e. The number of piperidine rings is 1. The van der Waals surface area contributed by atoms with Crippen LogP contribution in [0.5, 0.6) is 0 Å². The number of anilines is 2. The topological polar surface area (TPSA) is 87.2 Å². The number of carbonyl (C=O) groups excluding carboxylic acids is 2. The SMILES string of the molecule is O=C(Nc1cccc2nsnc12)C1CCCN(C(=O)Nc2cccs2)C1. The highest BCUT2D eigenvalue weighted by Gasteiger charge is 2.29. The minimum atomic E-state index is -0.236. The molecule has 1 aliphatic heterocycles. The maximum atomic E-state index is 12.7. The predicted molar refractivity (Wildman–Crippen MR) is 104 cm³/mol. The van der Waals surface area contributed by atoms with E-state index < -0.39 is 0 Å². The average molecular weight is 387 g/mol. The van der Waals surface area contributed by atoms with E-state index in [0.717, 1.165) is 35.1 Å². The molecule has 0 saturated carbocycles. The molecule has 2 aromatic heterocycles. The summed E-state index contributed by atoms with van der Waals surface area (Å²) in [4.78, 5) is 26.8. The number of urea groups is 1. The molecule has 3 heterocycles. The lowest BCUT2D eigenvalue weighted by Gasteiger charge is -2.31. The lowest BCUT2D eigenvalue weighted by molar-refractivity contribution is -0.121. The lowest BCUT2D eigenvalue weighted by atomic mass is 9.97. The lowest BCUT2D eigenvalue weighted by Crippen LogP contribution is -2.45. The Hall–Kier alpha value is -2.52. The minimum Gasteiger partial charge on any atom is -0.324 e. The summed E-state index contributed by atoms with van der Waals surface area (Å²) < 4.78 is 8.43. The van der Waals surface area contributed by atoms with Crippen molar-refractivity contribution in [3.63, 3.8) is 0 Å². The molecule has 1 atom stereocenters. The number of nitrogens with one attached hydrogen (secondary N) is 2. The van der Waals surface area contributed by atoms with Gasteiger partial charge in [0.15, 0.2) is 0 Å². The van der Waals surface area contributed by atoms with E-state index in [-0.39, 0.29) is 17.9 Å². The number of hydrogen-bond acceptors (Lipinski definition) is 6. The summed E-state index contributed by atoms with van der Waals surface area (Å²) in [7, 11) is 0. The third-order valence-corrected chi connectivity index (χ3v) is 5.70. The van der Waals surface area contributed by atoms with Crippen LogP contribution in [0.3, 0.4) is 0 Å². The molecule has 7 nitrogen and oxygen atoms in total. The molecule has 134 valence electrons. The molecule has 9 heteroatoms. The summed E-state index contributed by atoms with van der Waals surface area (Å²) in [6.45, 7) is 1.07. The molecular formula is C17H17N5O2S2. The number of benzene rings is 1. The summed E-state index contributed by atoms with van der Waals surface area (Å²) >= 11 is 2.60. The number of aromatic nitrogens is 2. The van der Waals surface area contributed by atoms with Crippen LogP contribution < -0.4 is 10.6 Å². The highest BCUT2D eigenvalue weighted by atomic mass is 32.1. The normalized spacial score (nSPS) is 17.2. The van der Waals surface area contributed by atoms with Crippen molar-refractivity contribution in [2.45, 2.75) is 12.8 Å². The van der Waals surface area contributed by atoms with Gasteiger partial charge in [0.1, 0.15) is 11.0 Å². The van der Waals surface area contributed by atoms with E-state index in [0.29, 0.717) is 24.3 Å². The highest BCUT2D eigenvalue weighted by Crippen LogP contribution is 2.24. The molecule has 0 bridgehead atoms. The van der Waals surface area contributed by atoms with Gasteiger partial charge in [0, 0.05) is 13.1 Å². The molecule has 0 aliphatic carbocycles. The zero-order valence-electron chi connectivity index (χ0n) is 13.8. The standard InChI is InChI=1S/C17H17N5O2S2/c23-16(18-12-5-1-6-13-15(12)21-26-20-13)11-4-2-8-22(10-11)17(24)19-14-7-3-9-25-14/h1,3,5-7,9,11H,2,4,8,10H2,(H,18,23)(H,19,24). The first-order valence-corrected chi connectivity index (χ1v) is 9.93. The van der Waals surface area contributed by atoms with E-state index in [1.165, 1.54) is 11.3 Å². The molecule has 3 amide bonds. The Bertz CT molecular complexity index is 924. The molecule has 1 fully saturated rings. The van der Waals surface area contributed by atoms with Crippen LogP contribution in [-0.2, 0) is 4.79 Å². The molecule has 1 aromatic carbocycles. The Kier molecular flexibility index (Phi) is 4.81. The third kappa shape index (κ3) is 3.54. The fraction of sp³-hybridized carbons (Fsp3) is 0.294. The minimum absolute atomic E-state index is 0.0841. The summed E-state index contributed by atoms with van der Waals surface area (Å²) in [6.07, 6.45) is 1.57. The van der Waals surface area contributed by atoms with Gasteiger partial charge in [0.2, 0.25) is 5.91 Å². The summed E-state index contributed by atoms with van der Waals surface area (Å²) in [5.74, 6) is -0.321. The van der Waals surface area contributed by atoms with Crippen LogP contribution in [0.1, 0.15) is 12.8 Å². The number of carbonyl (C=O) groups is 2. The van der Waals surface area contributed by atoms with Crippen molar-refractivity contribution >= 4 is 56.7 Å². The number of nitrogens with zero attached hydrogens (tertiary/aromatic N) is 3. The van der Waals surface area contributed by atoms with Crippen LogP contribution in [0.4, 0.5) is 15.5 Å². The fourth-order valence-corrected chi connectivity index (χ4v) is 4.21. The van der Waals surface area contributed by atoms with Gasteiger partial charge in [-0.3, -0.25) is 10.1 Å². The van der Waals surface area contributed by atoms with E-state index >= 15 is 0 Å². The summed E-state index contributed by atoms with van der Waals surface area (Å²) in [6, 6.07) is 9.13. The second-order valence-electron chi connectivity index (χ2n) is 6.12. The van der Waals surface area contributed by atoms with Crippen molar-refractivity contribution in [2.24, 2.45) is 5.92 Å². The van der Waals surface area contributed by atoms with Crippen molar-refractivity contribution in [3.05, 3.63) is 35.7 Å². The van der Waals surface area contributed by atoms with Crippen molar-refractivity contribution in [2.75, 3.05) is 23.7 Å². The number of likely N-dealkylation sites (tertiary alicyclic amines) is 1. The number of thiophene rings is 1. The second-order valence-corrected chi connectivity index (χ2v) is 7.60. The van der Waals surface area contributed by atoms with Gasteiger partial charge in [-0.15, -0.1) is 11.3 Å². The van der Waals surface area contributed by atoms with Gasteiger partial charge in [-0.1, -0.05) is 6.07 Å². The first kappa shape index (κ1) is 16.9. The van der Waals surface area contributed by atoms with Gasteiger partial charge in [0.25, 0.3) is 0 Å². The van der Waals surface area contributed by atoms with Crippen LogP contribution >= 0.6 is 23.1 Å². The Balaban J connectivity index is 1.41. The van der Waals surface area contributed by atoms with Gasteiger partial charge in [-0.2, -0.15) is 8.75 Å². The van der Waals surface area contributed by atoms with E-state index in [9.17, 15) is 9.59 Å². The van der Waals surface area contributed by atoms with E-state index in [2.05, 4.69) is 19.4 Å². The van der Waals surface area contributed by atoms with E-state index in [4.69, 9.17) is 0 Å². The molecule has 0 radical (unpaired) electrons. The molecule has 4 rings (SSSR count). The molecule has 3 aromatic rings. The van der Waals surface area contributed by atoms with Gasteiger partial charge in [-0.05, 0) is 42.5 Å². The number of hydrogen-bond donors (Lipinski definition) is 2. The van der Waals surface area contributed by atoms with Crippen LogP contribution in [0.15, 0.2) is 35.7 Å². The maximum absolute atomic E-state index is 12.7. The van der Waals surface area contributed by atoms with Gasteiger partial charge in [-0.25, -0.2) is 4.79 Å². The van der Waals surface area contributed by atoms with Crippen molar-refractivity contribution in [3.8, 4) is 0 Å². The molecule has 0 spiro atoms. The zero-order chi connectivity index (χ0) is 17.9. The second kappa shape index (κ2) is 7.38. The molecule has 1 aliphatic rings. The van der Waals surface area contributed by atoms with E-state index in [1.807, 2.05) is 35.7 Å². The monoisotopic (exact) mass is 387 g/mol. The first-order chi connectivity index (χ1) is 12.7. The Morgan fingerprint density at radius 3 is 2.92 bits per heavy atom. The van der Waals surface area contributed by atoms with Crippen LogP contribution in [0.2, 0.25) is 0 Å². The maximum Gasteiger partial charge on any atom is 0.322 e. The molecule has 26 heavy (non-hydrogen) atoms. The number of rotatable bonds is 3. The van der Waals surface area contributed by atoms with Gasteiger partial charge in [0.05, 0.1) is 28.3 Å². The quantitative estimate of drug-likeness (QED) is 0.718. The van der Waals surface area contributed by atoms with Crippen molar-refractivity contribution < 1.29 is 9.59 Å². The molecular weight excluding hydrogens is 370 g/mol. The average Bonchev–Trinajstić information content (AvgIpc) is 3.34. The van der Waals surface area contributed by atoms with Gasteiger partial charge >= 0.3 is 6.03 Å². The number of fused-ring (bicyclic) bond motifs is 1. The highest BCUT2D eigenvalue weighted by molar-refractivity contribution is 7.14. The van der Waals surface area contributed by atoms with Crippen molar-refractivity contribution in [1.29, 1.82) is 0 Å². The summed E-state index contributed by atoms with van der Waals surface area (Å²) in [5, 5.41) is 8.56. The number of amides is 3. The summed E-state index contributed by atoms with van der Waals surface area (Å²) in [5.41, 5.74) is 2.14. The Morgan fingerprint density at radius 1 is 1.15 bits per heavy atom. The molecule has 1 unspecified atom stereocenters. The predicted octanol–water partition coefficient (Wildman–Crippen LogP) is 3.64. The fourth-order valence-electron chi connectivity index (χ4n) is 3.05. The zero-order valence-corrected chi connectivity index (χ0v) is 15.5. The molecule has 2 N–H and O–H groups in total. The smallest absolute Gasteiger partial charge is 0.322 e. The third-order valence-electron chi connectivity index (χ3n) is 4.37. The van der Waals surface area contributed by atoms with Gasteiger partial charge < -0.3 is 10.2 Å².